The molecule has 4 saturated carbocycles. The van der Waals surface area contributed by atoms with Gasteiger partial charge in [0.05, 0.1) is 19.2 Å². The normalized spacial score (nSPS) is 30.6. The Balaban J connectivity index is 1.20. The fourth-order valence-electron chi connectivity index (χ4n) is 17.7. The van der Waals surface area contributed by atoms with Crippen LogP contribution >= 0.6 is 0 Å². The molecule has 4 bridgehead atoms. The molecule has 0 radical (unpaired) electrons. The number of hydrogen-bond acceptors (Lipinski definition) is 3. The van der Waals surface area contributed by atoms with Crippen LogP contribution in [0.1, 0.15) is 270 Å². The van der Waals surface area contributed by atoms with E-state index in [4.69, 9.17) is 4.42 Å². The van der Waals surface area contributed by atoms with Crippen LogP contribution in [0.4, 0.5) is 34.3 Å². The second kappa shape index (κ2) is 16.2. The molecule has 3 heterocycles. The number of fused-ring (bicyclic) bond motifs is 8. The summed E-state index contributed by atoms with van der Waals surface area (Å²) >= 11 is 0. The molecule has 0 amide bonds. The highest BCUT2D eigenvalue weighted by molar-refractivity contribution is 7.00. The van der Waals surface area contributed by atoms with E-state index < -0.39 is 55.4 Å². The summed E-state index contributed by atoms with van der Waals surface area (Å²) in [4.78, 5) is 3.33. The Morgan fingerprint density at radius 1 is 0.400 bits per heavy atom. The lowest BCUT2D eigenvalue weighted by atomic mass is 9.33. The van der Waals surface area contributed by atoms with Crippen molar-refractivity contribution in [1.29, 1.82) is 0 Å². The van der Waals surface area contributed by atoms with Crippen molar-refractivity contribution in [3.8, 4) is 11.3 Å². The fourth-order valence-corrected chi connectivity index (χ4v) is 17.7. The first kappa shape index (κ1) is 38.7. The van der Waals surface area contributed by atoms with Crippen LogP contribution in [0, 0.1) is 17.8 Å². The molecular formula is C76H93BN2O. The van der Waals surface area contributed by atoms with Crippen molar-refractivity contribution in [1.82, 2.24) is 0 Å². The standard InChI is InChI=1S/C76H93BN2O/c1-68(2)23-26-71(7,8)55-34-48(17-20-52(55)68)65-41-61-67(80-65)79(51-19-22-54-57(38-51)73(11,12)28-25-70(54,5)6)64-36-49(76-42-45-31-46(43-76)33-47(32-45)44-76)35-63-66(64)77(61)60-39-58-59(75(15,16)30-29-74(58,13)14)40-62(60)78(63)50-18-21-53-56(37-50)72(9,10)27-24-69(53,3)4/h17-22,34-41,45-47H,23-33,42-44H2,1-16H3/i17D,18D,19D,20D,21D,22D,34D,35D,36D,37D,38D,39D,40D,41D. The van der Waals surface area contributed by atoms with E-state index in [1.165, 1.54) is 0 Å². The minimum absolute atomic E-state index is 0.00925. The van der Waals surface area contributed by atoms with E-state index in [9.17, 15) is 19.2 Å². The molecule has 0 atom stereocenters. The van der Waals surface area contributed by atoms with Crippen LogP contribution in [0.5, 0.6) is 0 Å². The first-order valence-corrected chi connectivity index (χ1v) is 30.9. The third-order valence-electron chi connectivity index (χ3n) is 23.0. The molecule has 0 saturated heterocycles. The third-order valence-corrected chi connectivity index (χ3v) is 23.0. The van der Waals surface area contributed by atoms with Crippen LogP contribution in [0.3, 0.4) is 0 Å². The maximum atomic E-state index is 11.5. The first-order valence-electron chi connectivity index (χ1n) is 37.9. The van der Waals surface area contributed by atoms with Crippen molar-refractivity contribution in [2.45, 2.75) is 249 Å². The smallest absolute Gasteiger partial charge is 0.256 e. The molecule has 416 valence electrons. The van der Waals surface area contributed by atoms with Crippen LogP contribution in [0.2, 0.25) is 0 Å². The summed E-state index contributed by atoms with van der Waals surface area (Å²) in [6, 6.07) is -1.50. The van der Waals surface area contributed by atoms with Crippen molar-refractivity contribution in [3.63, 3.8) is 0 Å². The molecule has 5 aromatic carbocycles. The molecule has 4 fully saturated rings. The lowest BCUT2D eigenvalue weighted by molar-refractivity contribution is -0.00514. The zero-order valence-corrected chi connectivity index (χ0v) is 51.0. The van der Waals surface area contributed by atoms with Gasteiger partial charge in [-0.2, -0.15) is 0 Å². The van der Waals surface area contributed by atoms with Crippen LogP contribution in [0.25, 0.3) is 11.3 Å². The van der Waals surface area contributed by atoms with Gasteiger partial charge in [0, 0.05) is 34.0 Å². The van der Waals surface area contributed by atoms with E-state index in [1.54, 1.807) is 9.80 Å². The van der Waals surface area contributed by atoms with Gasteiger partial charge in [0.25, 0.3) is 6.71 Å². The Hall–Kier alpha value is -4.96. The van der Waals surface area contributed by atoms with Crippen molar-refractivity contribution in [2.24, 2.45) is 17.8 Å². The Bertz CT molecular complexity index is 4430. The summed E-state index contributed by atoms with van der Waals surface area (Å²) in [5, 5.41) is 0. The van der Waals surface area contributed by atoms with Gasteiger partial charge in [-0.25, -0.2) is 0 Å². The van der Waals surface area contributed by atoms with Crippen LogP contribution in [-0.4, -0.2) is 6.71 Å². The second-order valence-electron chi connectivity index (χ2n) is 32.6. The average molecular weight is 1080 g/mol. The number of rotatable bonds is 4. The lowest BCUT2D eigenvalue weighted by Crippen LogP contribution is -2.61. The molecule has 2 aliphatic heterocycles. The molecule has 3 nitrogen and oxygen atoms in total. The largest absolute Gasteiger partial charge is 0.440 e. The summed E-state index contributed by atoms with van der Waals surface area (Å²) in [5.41, 5.74) is 0.241. The van der Waals surface area contributed by atoms with Crippen molar-refractivity contribution in [2.75, 3.05) is 9.80 Å². The van der Waals surface area contributed by atoms with E-state index in [0.717, 1.165) is 25.7 Å². The number of benzene rings is 5. The van der Waals surface area contributed by atoms with E-state index in [2.05, 4.69) is 111 Å². The van der Waals surface area contributed by atoms with E-state index in [1.807, 2.05) is 0 Å². The minimum Gasteiger partial charge on any atom is -0.440 e. The SMILES string of the molecule is [2H]c1c(-c2c([2H])c([2H])c3c(c2[2H])C(C)(C)CCC3(C)C)oc2c1B1c3c([2H])c4c(c([2H])c3N(c3c([2H])c([2H])c5c(c3[2H])C(C)(C)CCC5(C)C)c3c([2H])c(C56CC7CC(CC(C7)C5)C6)c([2H])c(c31)N2c1c([2H])c([2H])c2c(c1[2H])C(C)(C)CCC2(C)C)C(C)(C)CCC4(C)C. The molecule has 0 unspecified atom stereocenters. The zero-order valence-electron chi connectivity index (χ0n) is 65.0. The molecule has 6 aromatic rings. The highest BCUT2D eigenvalue weighted by Gasteiger charge is 2.55. The topological polar surface area (TPSA) is 19.6 Å². The summed E-state index contributed by atoms with van der Waals surface area (Å²) in [6.07, 6.45) is 10.8. The van der Waals surface area contributed by atoms with Crippen molar-refractivity contribution >= 4 is 57.4 Å². The number of anilines is 6. The van der Waals surface area contributed by atoms with Crippen molar-refractivity contribution < 1.29 is 23.6 Å². The van der Waals surface area contributed by atoms with Crippen LogP contribution < -0.4 is 26.2 Å². The summed E-state index contributed by atoms with van der Waals surface area (Å²) in [7, 11) is 0. The Morgan fingerprint density at radius 3 is 1.26 bits per heavy atom. The maximum absolute atomic E-state index is 11.5. The number of furan rings is 1. The minimum atomic E-state index is -1.33. The van der Waals surface area contributed by atoms with Gasteiger partial charge in [0.2, 0.25) is 0 Å². The molecule has 10 aliphatic rings. The van der Waals surface area contributed by atoms with Gasteiger partial charge < -0.3 is 9.32 Å². The molecule has 0 N–H and O–H groups in total. The molecule has 1 aromatic heterocycles. The highest BCUT2D eigenvalue weighted by atomic mass is 16.4. The molecule has 4 heteroatoms. The molecule has 80 heavy (non-hydrogen) atoms. The monoisotopic (exact) mass is 1070 g/mol. The Labute approximate surface area is 502 Å². The summed E-state index contributed by atoms with van der Waals surface area (Å²) < 4.78 is 158. The van der Waals surface area contributed by atoms with E-state index in [0.29, 0.717) is 132 Å². The summed E-state index contributed by atoms with van der Waals surface area (Å²) in [6.45, 7) is 31.9. The quantitative estimate of drug-likeness (QED) is 0.164. The Kier molecular flexibility index (Phi) is 7.86. The third kappa shape index (κ3) is 7.35. The summed E-state index contributed by atoms with van der Waals surface area (Å²) in [5.74, 6) is 0.670. The van der Waals surface area contributed by atoms with Gasteiger partial charge in [0.15, 0.2) is 5.88 Å². The van der Waals surface area contributed by atoms with Crippen LogP contribution in [-0.2, 0) is 48.7 Å². The van der Waals surface area contributed by atoms with Gasteiger partial charge in [-0.1, -0.05) is 141 Å². The first-order chi connectivity index (χ1) is 43.4. The molecule has 8 aliphatic carbocycles. The van der Waals surface area contributed by atoms with Gasteiger partial charge in [0.1, 0.15) is 5.76 Å². The molecule has 16 rings (SSSR count). The highest BCUT2D eigenvalue weighted by Crippen LogP contribution is 2.63. The predicted molar refractivity (Wildman–Crippen MR) is 339 cm³/mol. The van der Waals surface area contributed by atoms with E-state index >= 15 is 0 Å². The van der Waals surface area contributed by atoms with Gasteiger partial charge >= 0.3 is 0 Å². The predicted octanol–water partition coefficient (Wildman–Crippen LogP) is 18.9. The van der Waals surface area contributed by atoms with Crippen molar-refractivity contribution in [3.05, 3.63) is 135 Å². The molecular weight excluding hydrogens is 968 g/mol. The van der Waals surface area contributed by atoms with Crippen LogP contribution in [0.15, 0.2) is 89.0 Å². The zero-order chi connectivity index (χ0) is 68.2. The van der Waals surface area contributed by atoms with Gasteiger partial charge in [-0.05, 0) is 277 Å². The number of hydrogen-bond donors (Lipinski definition) is 0. The lowest BCUT2D eigenvalue weighted by Gasteiger charge is -2.57. The van der Waals surface area contributed by atoms with Gasteiger partial charge in [-0.15, -0.1) is 0 Å². The Morgan fingerprint density at radius 2 is 0.787 bits per heavy atom. The number of nitrogens with zero attached hydrogens (tertiary/aromatic N) is 2. The molecule has 0 spiro atoms. The maximum Gasteiger partial charge on any atom is 0.256 e. The van der Waals surface area contributed by atoms with Gasteiger partial charge in [-0.3, -0.25) is 4.90 Å². The van der Waals surface area contributed by atoms with E-state index in [-0.39, 0.29) is 147 Å². The fraction of sp³-hybridized carbons (Fsp3) is 0.553. The average Bonchev–Trinajstić information content (AvgIpc) is 1.03. The second-order valence-corrected chi connectivity index (χ2v) is 32.6.